The van der Waals surface area contributed by atoms with E-state index < -0.39 is 5.97 Å². The van der Waals surface area contributed by atoms with Gasteiger partial charge in [-0.25, -0.2) is 9.78 Å². The topological polar surface area (TPSA) is 76.2 Å². The largest absolute Gasteiger partial charge is 0.478 e. The summed E-state index contributed by atoms with van der Waals surface area (Å²) in [6, 6.07) is 11.6. The molecule has 18 heavy (non-hydrogen) atoms. The molecule has 0 amide bonds. The van der Waals surface area contributed by atoms with Crippen LogP contribution in [-0.2, 0) is 0 Å². The molecule has 0 aliphatic rings. The Bertz CT molecular complexity index is 637. The van der Waals surface area contributed by atoms with Gasteiger partial charge in [-0.2, -0.15) is 0 Å². The predicted octanol–water partition coefficient (Wildman–Crippen LogP) is 1.76. The summed E-state index contributed by atoms with van der Waals surface area (Å²) in [5.41, 5.74) is 7.08. The molecule has 88 valence electrons. The number of aromatic carboxylic acids is 1. The molecule has 4 nitrogen and oxygen atoms in total. The van der Waals surface area contributed by atoms with Crippen LogP contribution >= 0.6 is 0 Å². The number of hydrogen-bond acceptors (Lipinski definition) is 3. The van der Waals surface area contributed by atoms with Crippen LogP contribution in [0.3, 0.4) is 0 Å². The molecule has 1 aromatic heterocycles. The van der Waals surface area contributed by atoms with Gasteiger partial charge in [-0.3, -0.25) is 0 Å². The van der Waals surface area contributed by atoms with Gasteiger partial charge in [0.05, 0.1) is 5.56 Å². The minimum atomic E-state index is -0.952. The van der Waals surface area contributed by atoms with Crippen molar-refractivity contribution in [1.82, 2.24) is 4.98 Å². The lowest BCUT2D eigenvalue weighted by Crippen LogP contribution is -1.95. The summed E-state index contributed by atoms with van der Waals surface area (Å²) in [6.07, 6.45) is 0. The van der Waals surface area contributed by atoms with Crippen LogP contribution in [-0.4, -0.2) is 16.1 Å². The summed E-state index contributed by atoms with van der Waals surface area (Å²) in [5.74, 6) is 5.22. The van der Waals surface area contributed by atoms with Gasteiger partial charge in [0.15, 0.2) is 0 Å². The summed E-state index contributed by atoms with van der Waals surface area (Å²) >= 11 is 0. The van der Waals surface area contributed by atoms with Gasteiger partial charge >= 0.3 is 5.97 Å². The van der Waals surface area contributed by atoms with Crippen LogP contribution in [0, 0.1) is 11.8 Å². The maximum Gasteiger partial charge on any atom is 0.335 e. The normalized spacial score (nSPS) is 9.33. The maximum atomic E-state index is 10.7. The molecule has 3 N–H and O–H groups in total. The van der Waals surface area contributed by atoms with Gasteiger partial charge in [0.25, 0.3) is 0 Å². The van der Waals surface area contributed by atoms with Crippen molar-refractivity contribution in [2.45, 2.75) is 0 Å². The first kappa shape index (κ1) is 11.7. The Morgan fingerprint density at radius 1 is 1.11 bits per heavy atom. The van der Waals surface area contributed by atoms with E-state index in [4.69, 9.17) is 10.8 Å². The minimum absolute atomic E-state index is 0.239. The zero-order chi connectivity index (χ0) is 13.0. The maximum absolute atomic E-state index is 10.7. The lowest BCUT2D eigenvalue weighted by molar-refractivity contribution is 0.0697. The van der Waals surface area contributed by atoms with Crippen LogP contribution in [0.2, 0.25) is 0 Å². The predicted molar refractivity (Wildman–Crippen MR) is 68.0 cm³/mol. The molecule has 0 unspecified atom stereocenters. The number of carboxylic acids is 1. The molecule has 0 radical (unpaired) electrons. The van der Waals surface area contributed by atoms with Gasteiger partial charge in [-0.05, 0) is 42.3 Å². The smallest absolute Gasteiger partial charge is 0.335 e. The lowest BCUT2D eigenvalue weighted by Gasteiger charge is -1.94. The summed E-state index contributed by atoms with van der Waals surface area (Å²) in [7, 11) is 0. The molecule has 0 aliphatic heterocycles. The van der Waals surface area contributed by atoms with Crippen molar-refractivity contribution in [2.24, 2.45) is 0 Å². The number of hydrogen-bond donors (Lipinski definition) is 2. The minimum Gasteiger partial charge on any atom is -0.478 e. The average molecular weight is 238 g/mol. The third-order valence-corrected chi connectivity index (χ3v) is 2.24. The lowest BCUT2D eigenvalue weighted by atomic mass is 10.1. The molecule has 1 aromatic carbocycles. The summed E-state index contributed by atoms with van der Waals surface area (Å²) in [4.78, 5) is 14.7. The molecular formula is C14H10N2O2. The van der Waals surface area contributed by atoms with Gasteiger partial charge in [-0.15, -0.1) is 0 Å². The van der Waals surface area contributed by atoms with Crippen molar-refractivity contribution in [1.29, 1.82) is 0 Å². The van der Waals surface area contributed by atoms with Gasteiger partial charge in [0.2, 0.25) is 0 Å². The van der Waals surface area contributed by atoms with Crippen LogP contribution in [0.4, 0.5) is 5.82 Å². The Balaban J connectivity index is 2.22. The fourth-order valence-corrected chi connectivity index (χ4v) is 1.35. The van der Waals surface area contributed by atoms with E-state index in [2.05, 4.69) is 16.8 Å². The van der Waals surface area contributed by atoms with E-state index in [1.54, 1.807) is 30.3 Å². The zero-order valence-corrected chi connectivity index (χ0v) is 9.42. The summed E-state index contributed by atoms with van der Waals surface area (Å²) in [6.45, 7) is 0. The number of carboxylic acid groups (broad SMARTS) is 1. The van der Waals surface area contributed by atoms with E-state index in [0.29, 0.717) is 11.5 Å². The van der Waals surface area contributed by atoms with E-state index >= 15 is 0 Å². The van der Waals surface area contributed by atoms with Crippen molar-refractivity contribution in [3.05, 3.63) is 59.3 Å². The molecule has 0 saturated carbocycles. The van der Waals surface area contributed by atoms with E-state index in [9.17, 15) is 4.79 Å². The second-order valence-corrected chi connectivity index (χ2v) is 3.58. The number of nitrogens with zero attached hydrogens (tertiary/aromatic N) is 1. The average Bonchev–Trinajstić information content (AvgIpc) is 2.37. The number of benzene rings is 1. The third-order valence-electron chi connectivity index (χ3n) is 2.24. The molecule has 0 saturated heterocycles. The fraction of sp³-hybridized carbons (Fsp3) is 0. The molecule has 0 atom stereocenters. The van der Waals surface area contributed by atoms with Crippen LogP contribution in [0.5, 0.6) is 0 Å². The molecule has 0 aliphatic carbocycles. The Morgan fingerprint density at radius 2 is 1.83 bits per heavy atom. The van der Waals surface area contributed by atoms with Crippen LogP contribution in [0.15, 0.2) is 42.5 Å². The first-order valence-electron chi connectivity index (χ1n) is 5.23. The van der Waals surface area contributed by atoms with Crippen LogP contribution < -0.4 is 5.73 Å². The van der Waals surface area contributed by atoms with Crippen LogP contribution in [0.25, 0.3) is 0 Å². The first-order chi connectivity index (χ1) is 8.65. The molecule has 4 heteroatoms. The summed E-state index contributed by atoms with van der Waals surface area (Å²) in [5, 5.41) is 8.75. The summed E-state index contributed by atoms with van der Waals surface area (Å²) < 4.78 is 0. The second-order valence-electron chi connectivity index (χ2n) is 3.58. The first-order valence-corrected chi connectivity index (χ1v) is 5.23. The number of nitrogen functional groups attached to an aromatic ring is 1. The Kier molecular flexibility index (Phi) is 3.26. The monoisotopic (exact) mass is 238 g/mol. The Labute approximate surface area is 104 Å². The zero-order valence-electron chi connectivity index (χ0n) is 9.42. The highest BCUT2D eigenvalue weighted by Gasteiger charge is 1.99. The molecular weight excluding hydrogens is 228 g/mol. The second kappa shape index (κ2) is 5.02. The van der Waals surface area contributed by atoms with Crippen molar-refractivity contribution in [3.8, 4) is 11.8 Å². The SMILES string of the molecule is Nc1cccc(C#Cc2ccc(C(=O)O)cc2)n1. The number of anilines is 1. The third kappa shape index (κ3) is 2.86. The Hall–Kier alpha value is -2.80. The van der Waals surface area contributed by atoms with Crippen LogP contribution in [0.1, 0.15) is 21.6 Å². The van der Waals surface area contributed by atoms with Crippen molar-refractivity contribution in [3.63, 3.8) is 0 Å². The molecule has 2 aromatic rings. The molecule has 2 rings (SSSR count). The number of pyridine rings is 1. The number of aromatic nitrogens is 1. The number of carbonyl (C=O) groups is 1. The van der Waals surface area contributed by atoms with E-state index in [0.717, 1.165) is 5.56 Å². The molecule has 0 spiro atoms. The highest BCUT2D eigenvalue weighted by molar-refractivity contribution is 5.87. The van der Waals surface area contributed by atoms with Gasteiger partial charge in [0.1, 0.15) is 11.5 Å². The van der Waals surface area contributed by atoms with Gasteiger partial charge in [-0.1, -0.05) is 12.0 Å². The van der Waals surface area contributed by atoms with Gasteiger partial charge < -0.3 is 10.8 Å². The van der Waals surface area contributed by atoms with Crippen molar-refractivity contribution >= 4 is 11.8 Å². The number of rotatable bonds is 1. The molecule has 0 bridgehead atoms. The highest BCUT2D eigenvalue weighted by atomic mass is 16.4. The van der Waals surface area contributed by atoms with Crippen molar-refractivity contribution in [2.75, 3.05) is 5.73 Å². The quantitative estimate of drug-likeness (QED) is 0.742. The fourth-order valence-electron chi connectivity index (χ4n) is 1.35. The number of nitrogens with two attached hydrogens (primary N) is 1. The van der Waals surface area contributed by atoms with E-state index in [-0.39, 0.29) is 5.56 Å². The standard InChI is InChI=1S/C14H10N2O2/c15-13-3-1-2-12(16-13)9-6-10-4-7-11(8-5-10)14(17)18/h1-5,7-8H,(H2,15,16)(H,17,18). The highest BCUT2D eigenvalue weighted by Crippen LogP contribution is 2.04. The van der Waals surface area contributed by atoms with E-state index in [1.807, 2.05) is 0 Å². The molecule has 1 heterocycles. The Morgan fingerprint density at radius 3 is 2.44 bits per heavy atom. The van der Waals surface area contributed by atoms with E-state index in [1.165, 1.54) is 12.1 Å². The van der Waals surface area contributed by atoms with Crippen molar-refractivity contribution < 1.29 is 9.90 Å². The van der Waals surface area contributed by atoms with Gasteiger partial charge in [0, 0.05) is 5.56 Å². The molecule has 0 fully saturated rings.